The summed E-state index contributed by atoms with van der Waals surface area (Å²) in [6, 6.07) is 5.94. The molecule has 0 bridgehead atoms. The number of carbonyl (C=O) groups is 2. The molecule has 204 valence electrons. The Bertz CT molecular complexity index is 1440. The van der Waals surface area contributed by atoms with Crippen LogP contribution < -0.4 is 16.2 Å². The number of halogens is 1. The highest BCUT2D eigenvalue weighted by Crippen LogP contribution is 2.43. The maximum absolute atomic E-state index is 13.3. The third kappa shape index (κ3) is 5.09. The Morgan fingerprint density at radius 2 is 2.00 bits per heavy atom. The van der Waals surface area contributed by atoms with Gasteiger partial charge in [-0.1, -0.05) is 38.4 Å². The van der Waals surface area contributed by atoms with E-state index in [9.17, 15) is 19.5 Å². The summed E-state index contributed by atoms with van der Waals surface area (Å²) in [5, 5.41) is 17.0. The maximum Gasteiger partial charge on any atom is 0.407 e. The molecule has 3 heterocycles. The Hall–Kier alpha value is -3.53. The summed E-state index contributed by atoms with van der Waals surface area (Å²) < 4.78 is 1.29. The molecule has 2 amide bonds. The van der Waals surface area contributed by atoms with E-state index in [1.54, 1.807) is 6.92 Å². The van der Waals surface area contributed by atoms with Crippen LogP contribution in [0.3, 0.4) is 0 Å². The summed E-state index contributed by atoms with van der Waals surface area (Å²) in [6.07, 6.45) is 2.33. The third-order valence-electron chi connectivity index (χ3n) is 7.77. The fourth-order valence-corrected chi connectivity index (χ4v) is 5.54. The molecule has 11 heteroatoms. The van der Waals surface area contributed by atoms with Gasteiger partial charge in [0.2, 0.25) is 5.91 Å². The van der Waals surface area contributed by atoms with E-state index in [1.807, 2.05) is 52.1 Å². The van der Waals surface area contributed by atoms with E-state index in [2.05, 4.69) is 20.6 Å². The second kappa shape index (κ2) is 10.3. The van der Waals surface area contributed by atoms with Crippen molar-refractivity contribution in [1.82, 2.24) is 24.8 Å². The van der Waals surface area contributed by atoms with Gasteiger partial charge in [-0.05, 0) is 55.4 Å². The molecule has 1 fully saturated rings. The van der Waals surface area contributed by atoms with Gasteiger partial charge in [0, 0.05) is 36.7 Å². The van der Waals surface area contributed by atoms with E-state index >= 15 is 0 Å². The molecule has 4 N–H and O–H groups in total. The molecule has 0 saturated carbocycles. The van der Waals surface area contributed by atoms with Gasteiger partial charge in [-0.2, -0.15) is 0 Å². The lowest BCUT2D eigenvalue weighted by molar-refractivity contribution is -0.121. The molecule has 1 aliphatic heterocycles. The Kier molecular flexibility index (Phi) is 7.47. The number of likely N-dealkylation sites (tertiary alicyclic amines) is 1. The van der Waals surface area contributed by atoms with Crippen molar-refractivity contribution in [3.05, 3.63) is 56.7 Å². The molecule has 1 atom stereocenters. The van der Waals surface area contributed by atoms with Crippen LogP contribution in [-0.4, -0.2) is 55.2 Å². The number of carbonyl (C=O) groups excluding carboxylic acids is 1. The monoisotopic (exact) mass is 542 g/mol. The van der Waals surface area contributed by atoms with Crippen molar-refractivity contribution in [2.45, 2.75) is 66.1 Å². The molecule has 1 saturated heterocycles. The lowest BCUT2D eigenvalue weighted by Crippen LogP contribution is -2.59. The number of H-pyrrole nitrogens is 1. The van der Waals surface area contributed by atoms with Gasteiger partial charge in [0.05, 0.1) is 11.2 Å². The summed E-state index contributed by atoms with van der Waals surface area (Å²) >= 11 is 6.36. The van der Waals surface area contributed by atoms with Gasteiger partial charge in [0.25, 0.3) is 5.56 Å². The molecule has 0 aliphatic carbocycles. The number of nitrogens with zero attached hydrogens (tertiary/aromatic N) is 3. The average molecular weight is 543 g/mol. The molecule has 2 aromatic heterocycles. The van der Waals surface area contributed by atoms with Gasteiger partial charge < -0.3 is 25.6 Å². The van der Waals surface area contributed by atoms with Crippen LogP contribution >= 0.6 is 11.6 Å². The first kappa shape index (κ1) is 27.5. The number of aryl methyl sites for hydroxylation is 1. The Morgan fingerprint density at radius 3 is 2.68 bits per heavy atom. The van der Waals surface area contributed by atoms with Crippen LogP contribution in [0.2, 0.25) is 5.15 Å². The number of fused-ring (bicyclic) bond motifs is 1. The zero-order valence-corrected chi connectivity index (χ0v) is 23.2. The van der Waals surface area contributed by atoms with Crippen LogP contribution in [0, 0.1) is 19.3 Å². The Morgan fingerprint density at radius 1 is 1.26 bits per heavy atom. The van der Waals surface area contributed by atoms with E-state index in [4.69, 9.17) is 11.6 Å². The van der Waals surface area contributed by atoms with Gasteiger partial charge >= 0.3 is 6.09 Å². The highest BCUT2D eigenvalue weighted by molar-refractivity contribution is 6.30. The zero-order valence-electron chi connectivity index (χ0n) is 22.4. The molecule has 1 aliphatic rings. The smallest absolute Gasteiger partial charge is 0.407 e. The second-order valence-corrected chi connectivity index (χ2v) is 11.4. The molecule has 0 unspecified atom stereocenters. The first-order valence-electron chi connectivity index (χ1n) is 12.7. The topological polar surface area (TPSA) is 132 Å². The van der Waals surface area contributed by atoms with Crippen molar-refractivity contribution in [1.29, 1.82) is 0 Å². The lowest BCUT2D eigenvalue weighted by Gasteiger charge is -2.47. The minimum absolute atomic E-state index is 0.0114. The fraction of sp³-hybridized carbons (Fsp3) is 0.481. The zero-order chi connectivity index (χ0) is 27.8. The standard InChI is InChI=1S/C27H35ClN6O4/c1-16-12-29-20-8-7-18(11-19(16)20)13-30-21(35)14-33-17(2)22(28)32-23(24(33)36)31-15-27(26(3,4)5)9-6-10-34(27)25(37)38/h7-8,11-12,29H,6,9-10,13-15H2,1-5H3,(H,30,35)(H,31,32)(H,37,38)/t27-/m1/s1. The number of benzene rings is 1. The van der Waals surface area contributed by atoms with Crippen molar-refractivity contribution >= 4 is 40.3 Å². The average Bonchev–Trinajstić information content (AvgIpc) is 3.46. The summed E-state index contributed by atoms with van der Waals surface area (Å²) in [4.78, 5) is 47.1. The van der Waals surface area contributed by atoms with E-state index in [0.717, 1.165) is 28.5 Å². The van der Waals surface area contributed by atoms with Gasteiger partial charge in [-0.3, -0.25) is 14.2 Å². The predicted octanol–water partition coefficient (Wildman–Crippen LogP) is 4.28. The number of carboxylic acid groups (broad SMARTS) is 1. The normalized spacial score (nSPS) is 17.7. The minimum atomic E-state index is -0.992. The first-order chi connectivity index (χ1) is 17.8. The summed E-state index contributed by atoms with van der Waals surface area (Å²) in [5.41, 5.74) is 1.86. The summed E-state index contributed by atoms with van der Waals surface area (Å²) in [5.74, 6) is -0.351. The largest absolute Gasteiger partial charge is 0.465 e. The highest BCUT2D eigenvalue weighted by Gasteiger charge is 2.51. The minimum Gasteiger partial charge on any atom is -0.465 e. The van der Waals surface area contributed by atoms with E-state index in [-0.39, 0.29) is 30.0 Å². The molecule has 0 radical (unpaired) electrons. The van der Waals surface area contributed by atoms with E-state index in [0.29, 0.717) is 25.2 Å². The Labute approximate surface area is 226 Å². The molecular weight excluding hydrogens is 508 g/mol. The first-order valence-corrected chi connectivity index (χ1v) is 13.1. The van der Waals surface area contributed by atoms with Gasteiger partial charge in [0.15, 0.2) is 11.0 Å². The molecule has 3 aromatic rings. The number of nitrogens with one attached hydrogen (secondary N) is 3. The SMILES string of the molecule is Cc1c[nH]c2ccc(CNC(=O)Cn3c(C)c(Cl)nc(NC[C@@]4(C(C)(C)C)CCCN4C(=O)O)c3=O)cc12. The number of aromatic nitrogens is 3. The number of anilines is 1. The van der Waals surface area contributed by atoms with Crippen LogP contribution in [0.25, 0.3) is 10.9 Å². The van der Waals surface area contributed by atoms with Crippen LogP contribution in [-0.2, 0) is 17.9 Å². The van der Waals surface area contributed by atoms with Crippen LogP contribution in [0.1, 0.15) is 50.4 Å². The van der Waals surface area contributed by atoms with Crippen molar-refractivity contribution in [2.24, 2.45) is 5.41 Å². The quantitative estimate of drug-likeness (QED) is 0.352. The van der Waals surface area contributed by atoms with E-state index < -0.39 is 22.6 Å². The van der Waals surface area contributed by atoms with Crippen molar-refractivity contribution in [3.63, 3.8) is 0 Å². The molecule has 1 aromatic carbocycles. The molecule has 38 heavy (non-hydrogen) atoms. The second-order valence-electron chi connectivity index (χ2n) is 11.0. The van der Waals surface area contributed by atoms with Gasteiger partial charge in [0.1, 0.15) is 6.54 Å². The summed E-state index contributed by atoms with van der Waals surface area (Å²) in [6.45, 7) is 10.3. The van der Waals surface area contributed by atoms with Crippen LogP contribution in [0.15, 0.2) is 29.2 Å². The fourth-order valence-electron chi connectivity index (χ4n) is 5.36. The number of amides is 2. The number of rotatable bonds is 7. The van der Waals surface area contributed by atoms with Crippen molar-refractivity contribution in [3.8, 4) is 0 Å². The molecule has 4 rings (SSSR count). The highest BCUT2D eigenvalue weighted by atomic mass is 35.5. The Balaban J connectivity index is 1.51. The lowest BCUT2D eigenvalue weighted by atomic mass is 9.71. The maximum atomic E-state index is 13.3. The number of hydrogen-bond donors (Lipinski definition) is 4. The van der Waals surface area contributed by atoms with Crippen molar-refractivity contribution in [2.75, 3.05) is 18.4 Å². The number of aromatic amines is 1. The van der Waals surface area contributed by atoms with Crippen molar-refractivity contribution < 1.29 is 14.7 Å². The third-order valence-corrected chi connectivity index (χ3v) is 8.13. The molecular formula is C27H35ClN6O4. The molecule has 10 nitrogen and oxygen atoms in total. The van der Waals surface area contributed by atoms with E-state index in [1.165, 1.54) is 9.47 Å². The van der Waals surface area contributed by atoms with Gasteiger partial charge in [-0.15, -0.1) is 0 Å². The number of hydrogen-bond acceptors (Lipinski definition) is 5. The van der Waals surface area contributed by atoms with Crippen LogP contribution in [0.5, 0.6) is 0 Å². The van der Waals surface area contributed by atoms with Gasteiger partial charge in [-0.25, -0.2) is 9.78 Å². The summed E-state index contributed by atoms with van der Waals surface area (Å²) in [7, 11) is 0. The predicted molar refractivity (Wildman–Crippen MR) is 148 cm³/mol. The van der Waals surface area contributed by atoms with Crippen LogP contribution in [0.4, 0.5) is 10.6 Å². The molecule has 0 spiro atoms.